The van der Waals surface area contributed by atoms with Crippen LogP contribution in [0.5, 0.6) is 69.0 Å². The van der Waals surface area contributed by atoms with E-state index in [1.54, 1.807) is 45.6 Å². The number of carbonyl (C=O) groups is 4. The number of halogens is 5. The number of ether oxygens (including phenoxy) is 9. The number of aliphatic carboxylic acids is 2. The Kier molecular flexibility index (Phi) is 48.2. The van der Waals surface area contributed by atoms with Crippen molar-refractivity contribution in [3.63, 3.8) is 0 Å². The fourth-order valence-electron chi connectivity index (χ4n) is 9.59. The van der Waals surface area contributed by atoms with Gasteiger partial charge in [-0.2, -0.15) is 0 Å². The van der Waals surface area contributed by atoms with E-state index >= 15 is 0 Å². The fourth-order valence-corrected chi connectivity index (χ4v) is 11.7. The van der Waals surface area contributed by atoms with Crippen molar-refractivity contribution in [3.8, 4) is 69.0 Å². The molecule has 1 saturated heterocycles. The summed E-state index contributed by atoms with van der Waals surface area (Å²) in [6.07, 6.45) is 3.37. The van der Waals surface area contributed by atoms with Gasteiger partial charge in [0.15, 0.2) is 5.75 Å². The van der Waals surface area contributed by atoms with Crippen molar-refractivity contribution in [1.29, 1.82) is 0 Å². The van der Waals surface area contributed by atoms with Crippen LogP contribution in [0.1, 0.15) is 81.3 Å². The molecule has 1 aliphatic heterocycles. The minimum Gasteiger partial charge on any atom is -0.870 e. The molecule has 0 atom stereocenters. The number of carboxylic acids is 2. The molecule has 104 heavy (non-hydrogen) atoms. The number of rotatable bonds is 23. The van der Waals surface area contributed by atoms with Gasteiger partial charge in [-0.3, -0.25) is 19.2 Å². The van der Waals surface area contributed by atoms with Crippen molar-refractivity contribution in [3.05, 3.63) is 208 Å². The van der Waals surface area contributed by atoms with Crippen LogP contribution in [-0.2, 0) is 88.6 Å². The van der Waals surface area contributed by atoms with Gasteiger partial charge in [-0.15, -0.1) is 47.3 Å². The van der Waals surface area contributed by atoms with Crippen LogP contribution in [0.3, 0.4) is 0 Å². The SMILES string of the molecule is BrB(Br)Br.CB1OCOB(C)O1.COC(=O)CCc1cc(C)c(Oc2ccc(OC)cc2)c(C)c1.COC(=O)CCc1cc(I)c(Oc2ccc(OC)cc2)c(I)c1.COc1ccc(Oc2c(C)cc(CCC(=O)O)cc2C)cc1.Cc1cc(CCC(=O)O)cc(C)c1Oc1ccc(O)cc1.[Na+].[OH-].[Pd]. The number of hydrogen-bond acceptors (Lipinski definition) is 18. The van der Waals surface area contributed by atoms with Crippen LogP contribution in [0.25, 0.3) is 0 Å². The molecule has 556 valence electrons. The first-order valence-electron chi connectivity index (χ1n) is 31.6. The molecule has 1 fully saturated rings. The number of aryl methyl sites for hydroxylation is 10. The van der Waals surface area contributed by atoms with Crippen molar-refractivity contribution < 1.29 is 146 Å². The maximum Gasteiger partial charge on any atom is 1.00 e. The molecule has 20 nitrogen and oxygen atoms in total. The van der Waals surface area contributed by atoms with E-state index in [1.165, 1.54) is 14.2 Å². The van der Waals surface area contributed by atoms with Crippen LogP contribution < -0.4 is 62.7 Å². The van der Waals surface area contributed by atoms with E-state index in [9.17, 15) is 24.3 Å². The van der Waals surface area contributed by atoms with E-state index in [2.05, 4.69) is 114 Å². The summed E-state index contributed by atoms with van der Waals surface area (Å²) in [6.45, 7) is 15.9. The van der Waals surface area contributed by atoms with Gasteiger partial charge in [0.05, 0.1) is 42.7 Å². The third-order valence-electron chi connectivity index (χ3n) is 14.4. The number of esters is 2. The Labute approximate surface area is 699 Å². The molecule has 30 heteroatoms. The molecule has 4 N–H and O–H groups in total. The summed E-state index contributed by atoms with van der Waals surface area (Å²) in [5.74, 6) is 6.73. The van der Waals surface area contributed by atoms with Gasteiger partial charge in [0.1, 0.15) is 70.0 Å². The number of phenolic OH excluding ortho intramolecular Hbond substituents is 1. The van der Waals surface area contributed by atoms with Gasteiger partial charge < -0.3 is 77.3 Å². The van der Waals surface area contributed by atoms with E-state index in [-0.39, 0.29) is 103 Å². The maximum atomic E-state index is 11.3. The zero-order chi connectivity index (χ0) is 74.7. The average molecular weight is 1950 g/mol. The molecule has 0 aromatic heterocycles. The van der Waals surface area contributed by atoms with Gasteiger partial charge in [-0.05, 0) is 291 Å². The third-order valence-corrected chi connectivity index (χ3v) is 16.1. The van der Waals surface area contributed by atoms with Crippen LogP contribution in [-0.4, -0.2) is 104 Å². The van der Waals surface area contributed by atoms with Gasteiger partial charge in [0.2, 0.25) is 0 Å². The van der Waals surface area contributed by atoms with Crippen LogP contribution in [0.15, 0.2) is 146 Å². The Bertz CT molecular complexity index is 3710. The van der Waals surface area contributed by atoms with E-state index in [0.29, 0.717) is 51.1 Å². The minimum absolute atomic E-state index is 0. The first-order chi connectivity index (χ1) is 48.0. The zero-order valence-electron chi connectivity index (χ0n) is 60.5. The van der Waals surface area contributed by atoms with Crippen molar-refractivity contribution in [2.45, 2.75) is 107 Å². The number of aromatic hydroxyl groups is 1. The standard InChI is InChI=1S/C19H22O4.C18H20O4.C17H16I2O4.C17H18O4.C3H8B2O3.BBr3.Na.H2O.Pd/c1-13-11-15(5-10-18(20)22-4)12-14(2)19(13)23-17-8-6-16(21-3)7-9-17;1-12-10-14(4-9-17(19)20)11-13(2)18(12)22-16-7-5-15(21-3)6-8-16;1-21-12-4-6-13(7-5-12)23-17-14(18)9-11(10-15(17)19)3-8-16(20)22-2;1-11-9-13(3-8-16(19)20)10-12(2)17(11)21-15-6-4-14(18)5-7-15;1-4-6-3-7-5(2)8-4;2-1(3)4;;;/h6-9,11-12H,5,10H2,1-4H3;5-8,10-11H,4,9H2,1-3H3,(H,19,20);4-7,9-10H,3,8H2,1-2H3;4-7,9-10,18H,3,8H2,1-2H3,(H,19,20);3H2,1-2H3;;;1H2;/q;;;;;;+1;;/p-1. The molecule has 1 aliphatic rings. The molecule has 0 spiro atoms. The third kappa shape index (κ3) is 37.0. The van der Waals surface area contributed by atoms with Crippen molar-refractivity contribution >= 4 is 134 Å². The monoisotopic (exact) mass is 1950 g/mol. The summed E-state index contributed by atoms with van der Waals surface area (Å²) in [5.41, 5.74) is 10.2. The quantitative estimate of drug-likeness (QED) is 0.0305. The molecule has 9 rings (SSSR count). The van der Waals surface area contributed by atoms with Crippen LogP contribution in [0.2, 0.25) is 13.6 Å². The summed E-state index contributed by atoms with van der Waals surface area (Å²) < 4.78 is 65.7. The molecule has 0 bridgehead atoms. The summed E-state index contributed by atoms with van der Waals surface area (Å²) in [5, 5.41) is 26.8. The predicted octanol–water partition coefficient (Wildman–Crippen LogP) is 16.2. The maximum absolute atomic E-state index is 11.3. The first-order valence-corrected chi connectivity index (χ1v) is 36.5. The van der Waals surface area contributed by atoms with Gasteiger partial charge in [-0.25, -0.2) is 0 Å². The molecule has 0 aliphatic carbocycles. The van der Waals surface area contributed by atoms with Gasteiger partial charge >= 0.3 is 70.9 Å². The van der Waals surface area contributed by atoms with Gasteiger partial charge in [0, 0.05) is 46.1 Å². The van der Waals surface area contributed by atoms with Crippen LogP contribution >= 0.6 is 92.5 Å². The Morgan fingerprint density at radius 2 is 0.663 bits per heavy atom. The molecule has 8 aromatic carbocycles. The normalized spacial score (nSPS) is 10.8. The Hall–Kier alpha value is -5.36. The van der Waals surface area contributed by atoms with Crippen molar-refractivity contribution in [2.24, 2.45) is 0 Å². The van der Waals surface area contributed by atoms with E-state index in [0.717, 1.165) is 120 Å². The smallest absolute Gasteiger partial charge is 0.870 e. The molecule has 8 aromatic rings. The number of benzene rings is 8. The van der Waals surface area contributed by atoms with E-state index in [4.69, 9.17) is 57.3 Å². The summed E-state index contributed by atoms with van der Waals surface area (Å²) in [7, 11) is 7.48. The molecule has 1 heterocycles. The van der Waals surface area contributed by atoms with Crippen LogP contribution in [0.4, 0.5) is 0 Å². The average Bonchev–Trinajstić information content (AvgIpc) is 0.849. The second-order valence-electron chi connectivity index (χ2n) is 22.4. The largest absolute Gasteiger partial charge is 1.00 e. The number of carboxylic acid groups (broad SMARTS) is 2. The summed E-state index contributed by atoms with van der Waals surface area (Å²) >= 11 is 13.8. The second kappa shape index (κ2) is 51.8. The Morgan fingerprint density at radius 3 is 0.894 bits per heavy atom. The van der Waals surface area contributed by atoms with E-state index in [1.807, 2.05) is 164 Å². The minimum atomic E-state index is -0.797. The zero-order valence-corrected chi connectivity index (χ0v) is 73.1. The molecule has 0 saturated carbocycles. The summed E-state index contributed by atoms with van der Waals surface area (Å²) in [4.78, 5) is 43.8. The molecule has 0 amide bonds. The fraction of sp³-hybridized carbons (Fsp3) is 0.297. The number of hydrogen-bond donors (Lipinski definition) is 3. The molecular formula is C74H85B3Br3I2NaO20Pd. The second-order valence-corrected chi connectivity index (χ2v) is 31.2. The van der Waals surface area contributed by atoms with Crippen LogP contribution in [0, 0.1) is 48.7 Å². The van der Waals surface area contributed by atoms with Crippen molar-refractivity contribution in [1.82, 2.24) is 0 Å². The Morgan fingerprint density at radius 1 is 0.433 bits per heavy atom. The van der Waals surface area contributed by atoms with Crippen molar-refractivity contribution in [2.75, 3.05) is 42.3 Å². The number of carbonyl (C=O) groups excluding carboxylic acids is 2. The first kappa shape index (κ1) is 96.6. The van der Waals surface area contributed by atoms with E-state index < -0.39 is 11.9 Å². The van der Waals surface area contributed by atoms with Gasteiger partial charge in [-0.1, -0.05) is 36.4 Å². The number of methoxy groups -OCH3 is 5. The van der Waals surface area contributed by atoms with Gasteiger partial charge in [0.25, 0.3) is 0 Å². The Balaban J connectivity index is 0.000000651. The molecular weight excluding hydrogens is 1860 g/mol. The molecule has 0 unspecified atom stereocenters. The topological polar surface area (TPSA) is 270 Å². The predicted molar refractivity (Wildman–Crippen MR) is 425 cm³/mol. The number of phenols is 1. The molecule has 0 radical (unpaired) electrons. The summed E-state index contributed by atoms with van der Waals surface area (Å²) in [6, 6.07) is 44.9.